The molecule has 3 nitrogen and oxygen atoms in total. The lowest BCUT2D eigenvalue weighted by atomic mass is 10.2. The van der Waals surface area contributed by atoms with Gasteiger partial charge in [-0.1, -0.05) is 18.2 Å². The van der Waals surface area contributed by atoms with Crippen LogP contribution in [0, 0.1) is 6.92 Å². The number of benzene rings is 1. The van der Waals surface area contributed by atoms with Crippen LogP contribution in [0.25, 0.3) is 0 Å². The predicted molar refractivity (Wildman–Crippen MR) is 82.8 cm³/mol. The van der Waals surface area contributed by atoms with Crippen LogP contribution in [-0.4, -0.2) is 30.0 Å². The summed E-state index contributed by atoms with van der Waals surface area (Å²) in [4.78, 5) is 11.9. The molecule has 1 saturated carbocycles. The highest BCUT2D eigenvalue weighted by molar-refractivity contribution is 7.99. The van der Waals surface area contributed by atoms with E-state index in [2.05, 4.69) is 16.9 Å². The number of hydrogen-bond acceptors (Lipinski definition) is 3. The number of anilines is 1. The summed E-state index contributed by atoms with van der Waals surface area (Å²) in [5.74, 6) is 0.0434. The van der Waals surface area contributed by atoms with Crippen molar-refractivity contribution in [3.05, 3.63) is 29.8 Å². The molecule has 1 aliphatic rings. The average Bonchev–Trinajstić information content (AvgIpc) is 2.87. The van der Waals surface area contributed by atoms with Gasteiger partial charge in [0.15, 0.2) is 0 Å². The molecule has 1 fully saturated rings. The fourth-order valence-electron chi connectivity index (χ4n) is 2.48. The number of nitrogens with one attached hydrogen (secondary N) is 2. The summed E-state index contributed by atoms with van der Waals surface area (Å²) >= 11 is 1.93. The minimum Gasteiger partial charge on any atom is -0.325 e. The average molecular weight is 278 g/mol. The van der Waals surface area contributed by atoms with Crippen LogP contribution < -0.4 is 10.6 Å². The molecule has 1 aromatic rings. The maximum atomic E-state index is 11.9. The zero-order valence-corrected chi connectivity index (χ0v) is 12.4. The van der Waals surface area contributed by atoms with Crippen molar-refractivity contribution in [3.8, 4) is 0 Å². The summed E-state index contributed by atoms with van der Waals surface area (Å²) in [7, 11) is 0. The van der Waals surface area contributed by atoms with E-state index in [9.17, 15) is 4.79 Å². The monoisotopic (exact) mass is 278 g/mol. The number of aryl methyl sites for hydroxylation is 1. The van der Waals surface area contributed by atoms with E-state index >= 15 is 0 Å². The summed E-state index contributed by atoms with van der Waals surface area (Å²) < 4.78 is 0. The highest BCUT2D eigenvalue weighted by Gasteiger charge is 2.23. The largest absolute Gasteiger partial charge is 0.325 e. The lowest BCUT2D eigenvalue weighted by molar-refractivity contribution is -0.115. The number of hydrogen-bond donors (Lipinski definition) is 2. The third kappa shape index (κ3) is 4.25. The Hall–Kier alpha value is -1.00. The van der Waals surface area contributed by atoms with Gasteiger partial charge in [-0.15, -0.1) is 0 Å². The van der Waals surface area contributed by atoms with Gasteiger partial charge in [0.25, 0.3) is 0 Å². The Morgan fingerprint density at radius 3 is 2.84 bits per heavy atom. The minimum atomic E-state index is 0.0434. The van der Waals surface area contributed by atoms with Gasteiger partial charge < -0.3 is 10.6 Å². The molecule has 0 spiro atoms. The van der Waals surface area contributed by atoms with E-state index in [1.807, 2.05) is 43.0 Å². The number of para-hydroxylation sites is 1. The Morgan fingerprint density at radius 2 is 2.16 bits per heavy atom. The number of thioether (sulfide) groups is 1. The van der Waals surface area contributed by atoms with Crippen LogP contribution in [0.5, 0.6) is 0 Å². The van der Waals surface area contributed by atoms with Crippen LogP contribution in [0.1, 0.15) is 24.8 Å². The number of amides is 1. The molecule has 0 bridgehead atoms. The van der Waals surface area contributed by atoms with Crippen molar-refractivity contribution in [1.82, 2.24) is 5.32 Å². The van der Waals surface area contributed by atoms with Gasteiger partial charge in [0.1, 0.15) is 0 Å². The molecule has 0 saturated heterocycles. The summed E-state index contributed by atoms with van der Waals surface area (Å²) in [5.41, 5.74) is 2.00. The molecule has 1 amide bonds. The molecule has 0 radical (unpaired) electrons. The number of rotatable bonds is 5. The molecule has 1 aliphatic carbocycles. The molecule has 0 aromatic heterocycles. The molecule has 1 aromatic carbocycles. The fraction of sp³-hybridized carbons (Fsp3) is 0.533. The molecule has 2 atom stereocenters. The SMILES string of the molecule is CSC1CCC(NCC(=O)Nc2ccccc2C)C1. The van der Waals surface area contributed by atoms with Gasteiger partial charge in [0, 0.05) is 17.0 Å². The lowest BCUT2D eigenvalue weighted by Gasteiger charge is -2.13. The maximum absolute atomic E-state index is 11.9. The normalized spacial score (nSPS) is 22.4. The smallest absolute Gasteiger partial charge is 0.238 e. The van der Waals surface area contributed by atoms with Crippen molar-refractivity contribution in [2.45, 2.75) is 37.5 Å². The molecule has 104 valence electrons. The zero-order valence-electron chi connectivity index (χ0n) is 11.6. The molecule has 2 N–H and O–H groups in total. The second kappa shape index (κ2) is 6.96. The minimum absolute atomic E-state index is 0.0434. The van der Waals surface area contributed by atoms with Gasteiger partial charge >= 0.3 is 0 Å². The molecule has 2 rings (SSSR count). The van der Waals surface area contributed by atoms with Gasteiger partial charge in [0.05, 0.1) is 6.54 Å². The Bertz CT molecular complexity index is 436. The first kappa shape index (κ1) is 14.4. The topological polar surface area (TPSA) is 41.1 Å². The van der Waals surface area contributed by atoms with Crippen LogP contribution in [-0.2, 0) is 4.79 Å². The van der Waals surface area contributed by atoms with Gasteiger partial charge in [-0.05, 0) is 44.1 Å². The second-order valence-corrected chi connectivity index (χ2v) is 6.25. The number of carbonyl (C=O) groups excluding carboxylic acids is 1. The van der Waals surface area contributed by atoms with Gasteiger partial charge in [-0.2, -0.15) is 11.8 Å². The van der Waals surface area contributed by atoms with Crippen molar-refractivity contribution in [2.24, 2.45) is 0 Å². The van der Waals surface area contributed by atoms with E-state index in [1.165, 1.54) is 19.3 Å². The standard InChI is InChI=1S/C15H22N2OS/c1-11-5-3-4-6-14(11)17-15(18)10-16-12-7-8-13(9-12)19-2/h3-6,12-13,16H,7-10H2,1-2H3,(H,17,18). The third-order valence-corrected chi connectivity index (χ3v) is 4.78. The Kier molecular flexibility index (Phi) is 5.28. The Balaban J connectivity index is 1.75. The molecule has 4 heteroatoms. The van der Waals surface area contributed by atoms with E-state index in [0.717, 1.165) is 16.5 Å². The third-order valence-electron chi connectivity index (χ3n) is 3.69. The van der Waals surface area contributed by atoms with Crippen LogP contribution >= 0.6 is 11.8 Å². The van der Waals surface area contributed by atoms with Gasteiger partial charge in [-0.25, -0.2) is 0 Å². The van der Waals surface area contributed by atoms with E-state index in [-0.39, 0.29) is 5.91 Å². The van der Waals surface area contributed by atoms with Crippen molar-refractivity contribution < 1.29 is 4.79 Å². The van der Waals surface area contributed by atoms with Crippen molar-refractivity contribution in [2.75, 3.05) is 18.1 Å². The van der Waals surface area contributed by atoms with Gasteiger partial charge in [0.2, 0.25) is 5.91 Å². The maximum Gasteiger partial charge on any atom is 0.238 e. The summed E-state index contributed by atoms with van der Waals surface area (Å²) in [6.07, 6.45) is 5.79. The second-order valence-electron chi connectivity index (χ2n) is 5.11. The Morgan fingerprint density at radius 1 is 1.37 bits per heavy atom. The van der Waals surface area contributed by atoms with E-state index < -0.39 is 0 Å². The van der Waals surface area contributed by atoms with Crippen LogP contribution in [0.3, 0.4) is 0 Å². The summed E-state index contributed by atoms with van der Waals surface area (Å²) in [6.45, 7) is 2.41. The molecular formula is C15H22N2OS. The zero-order chi connectivity index (χ0) is 13.7. The molecule has 0 aliphatic heterocycles. The quantitative estimate of drug-likeness (QED) is 0.870. The molecule has 19 heavy (non-hydrogen) atoms. The van der Waals surface area contributed by atoms with E-state index in [1.54, 1.807) is 0 Å². The fourth-order valence-corrected chi connectivity index (χ4v) is 3.28. The first-order valence-electron chi connectivity index (χ1n) is 6.80. The lowest BCUT2D eigenvalue weighted by Crippen LogP contribution is -2.34. The van der Waals surface area contributed by atoms with Crippen molar-refractivity contribution in [3.63, 3.8) is 0 Å². The highest BCUT2D eigenvalue weighted by Crippen LogP contribution is 2.27. The first-order valence-corrected chi connectivity index (χ1v) is 8.09. The predicted octanol–water partition coefficient (Wildman–Crippen LogP) is 2.81. The molecular weight excluding hydrogens is 256 g/mol. The van der Waals surface area contributed by atoms with Crippen LogP contribution in [0.15, 0.2) is 24.3 Å². The molecule has 2 unspecified atom stereocenters. The summed E-state index contributed by atoms with van der Waals surface area (Å²) in [6, 6.07) is 8.36. The van der Waals surface area contributed by atoms with Crippen LogP contribution in [0.4, 0.5) is 5.69 Å². The van der Waals surface area contributed by atoms with Crippen molar-refractivity contribution in [1.29, 1.82) is 0 Å². The summed E-state index contributed by atoms with van der Waals surface area (Å²) in [5, 5.41) is 7.07. The number of carbonyl (C=O) groups is 1. The van der Waals surface area contributed by atoms with E-state index in [4.69, 9.17) is 0 Å². The highest BCUT2D eigenvalue weighted by atomic mass is 32.2. The van der Waals surface area contributed by atoms with Crippen LogP contribution in [0.2, 0.25) is 0 Å². The molecule has 0 heterocycles. The van der Waals surface area contributed by atoms with E-state index in [0.29, 0.717) is 12.6 Å². The first-order chi connectivity index (χ1) is 9.19. The van der Waals surface area contributed by atoms with Gasteiger partial charge in [-0.3, -0.25) is 4.79 Å². The van der Waals surface area contributed by atoms with Crippen molar-refractivity contribution >= 4 is 23.4 Å². The Labute approximate surface area is 119 Å².